The van der Waals surface area contributed by atoms with Crippen LogP contribution in [0.15, 0.2) is 22.7 Å². The molecule has 0 heterocycles. The molecule has 1 aromatic rings. The molecule has 0 aliphatic heterocycles. The number of benzene rings is 1. The molecule has 0 aliphatic rings. The number of halogens is 1. The average molecular weight is 312 g/mol. The molecule has 0 saturated heterocycles. The maximum Gasteiger partial charge on any atom is 0.335 e. The summed E-state index contributed by atoms with van der Waals surface area (Å²) in [7, 11) is 0. The van der Waals surface area contributed by atoms with Crippen LogP contribution in [-0.2, 0) is 0 Å². The van der Waals surface area contributed by atoms with E-state index in [2.05, 4.69) is 22.0 Å². The van der Waals surface area contributed by atoms with Crippen LogP contribution in [0.2, 0.25) is 0 Å². The minimum atomic E-state index is -0.996. The molecule has 0 spiro atoms. The SMILES string of the molecule is CC(C)(C#N)CCOc1cc(C(=O)O)ccc1Br. The molecule has 0 fully saturated rings. The highest BCUT2D eigenvalue weighted by molar-refractivity contribution is 9.10. The van der Waals surface area contributed by atoms with Crippen molar-refractivity contribution in [2.24, 2.45) is 5.41 Å². The fraction of sp³-hybridized carbons (Fsp3) is 0.385. The van der Waals surface area contributed by atoms with Crippen molar-refractivity contribution in [1.82, 2.24) is 0 Å². The molecular formula is C13H14BrNO3. The molecule has 0 bridgehead atoms. The van der Waals surface area contributed by atoms with E-state index in [0.29, 0.717) is 23.2 Å². The van der Waals surface area contributed by atoms with Crippen molar-refractivity contribution in [1.29, 1.82) is 5.26 Å². The van der Waals surface area contributed by atoms with Gasteiger partial charge in [0.1, 0.15) is 5.75 Å². The van der Waals surface area contributed by atoms with E-state index in [1.165, 1.54) is 12.1 Å². The molecule has 0 radical (unpaired) electrons. The molecule has 18 heavy (non-hydrogen) atoms. The number of nitrogens with zero attached hydrogens (tertiary/aromatic N) is 1. The van der Waals surface area contributed by atoms with Crippen molar-refractivity contribution in [3.63, 3.8) is 0 Å². The van der Waals surface area contributed by atoms with E-state index >= 15 is 0 Å². The second-order valence-electron chi connectivity index (χ2n) is 4.54. The Labute approximate surface area is 114 Å². The smallest absolute Gasteiger partial charge is 0.335 e. The Morgan fingerprint density at radius 3 is 2.78 bits per heavy atom. The van der Waals surface area contributed by atoms with Gasteiger partial charge in [-0.3, -0.25) is 0 Å². The Balaban J connectivity index is 2.71. The maximum atomic E-state index is 10.8. The molecule has 0 saturated carbocycles. The van der Waals surface area contributed by atoms with Gasteiger partial charge in [0.25, 0.3) is 0 Å². The van der Waals surface area contributed by atoms with Crippen LogP contribution in [-0.4, -0.2) is 17.7 Å². The summed E-state index contributed by atoms with van der Waals surface area (Å²) < 4.78 is 6.20. The second kappa shape index (κ2) is 5.87. The second-order valence-corrected chi connectivity index (χ2v) is 5.40. The molecule has 0 atom stereocenters. The zero-order chi connectivity index (χ0) is 13.8. The highest BCUT2D eigenvalue weighted by Crippen LogP contribution is 2.27. The summed E-state index contributed by atoms with van der Waals surface area (Å²) in [6.45, 7) is 4.03. The fourth-order valence-corrected chi connectivity index (χ4v) is 1.58. The number of nitriles is 1. The summed E-state index contributed by atoms with van der Waals surface area (Å²) >= 11 is 3.29. The quantitative estimate of drug-likeness (QED) is 0.904. The normalized spacial score (nSPS) is 10.8. The lowest BCUT2D eigenvalue weighted by Crippen LogP contribution is -2.13. The molecule has 0 unspecified atom stereocenters. The van der Waals surface area contributed by atoms with Gasteiger partial charge in [0.05, 0.1) is 28.1 Å². The number of aromatic carboxylic acids is 1. The highest BCUT2D eigenvalue weighted by atomic mass is 79.9. The third-order valence-electron chi connectivity index (χ3n) is 2.47. The van der Waals surface area contributed by atoms with Crippen LogP contribution in [0.1, 0.15) is 30.6 Å². The van der Waals surface area contributed by atoms with Crippen molar-refractivity contribution < 1.29 is 14.6 Å². The summed E-state index contributed by atoms with van der Waals surface area (Å²) in [6.07, 6.45) is 0.577. The summed E-state index contributed by atoms with van der Waals surface area (Å²) in [5, 5.41) is 17.7. The number of carboxylic acids is 1. The predicted molar refractivity (Wildman–Crippen MR) is 70.6 cm³/mol. The standard InChI is InChI=1S/C13H14BrNO3/c1-13(2,8-15)5-6-18-11-7-9(12(16)17)3-4-10(11)14/h3-4,7H,5-6H2,1-2H3,(H,16,17). The van der Waals surface area contributed by atoms with E-state index in [-0.39, 0.29) is 5.56 Å². The summed E-state index contributed by atoms with van der Waals surface area (Å²) in [6, 6.07) is 6.78. The Morgan fingerprint density at radius 1 is 1.56 bits per heavy atom. The van der Waals surface area contributed by atoms with Crippen molar-refractivity contribution in [3.05, 3.63) is 28.2 Å². The zero-order valence-electron chi connectivity index (χ0n) is 10.2. The lowest BCUT2D eigenvalue weighted by molar-refractivity contribution is 0.0696. The topological polar surface area (TPSA) is 70.3 Å². The number of hydrogen-bond acceptors (Lipinski definition) is 3. The average Bonchev–Trinajstić information content (AvgIpc) is 2.31. The van der Waals surface area contributed by atoms with Gasteiger partial charge in [-0.15, -0.1) is 0 Å². The fourth-order valence-electron chi connectivity index (χ4n) is 1.22. The Bertz CT molecular complexity index is 491. The predicted octanol–water partition coefficient (Wildman–Crippen LogP) is 3.47. The lowest BCUT2D eigenvalue weighted by atomic mass is 9.92. The highest BCUT2D eigenvalue weighted by Gasteiger charge is 2.17. The van der Waals surface area contributed by atoms with Crippen molar-refractivity contribution in [2.45, 2.75) is 20.3 Å². The van der Waals surface area contributed by atoms with Crippen molar-refractivity contribution >= 4 is 21.9 Å². The monoisotopic (exact) mass is 311 g/mol. The van der Waals surface area contributed by atoms with Gasteiger partial charge in [-0.2, -0.15) is 5.26 Å². The molecule has 0 aliphatic carbocycles. The Kier molecular flexibility index (Phi) is 4.74. The number of rotatable bonds is 5. The number of ether oxygens (including phenoxy) is 1. The molecule has 1 aromatic carbocycles. The Morgan fingerprint density at radius 2 is 2.22 bits per heavy atom. The van der Waals surface area contributed by atoms with Gasteiger partial charge in [0.2, 0.25) is 0 Å². The molecular weight excluding hydrogens is 298 g/mol. The van der Waals surface area contributed by atoms with Gasteiger partial charge in [-0.1, -0.05) is 0 Å². The third-order valence-corrected chi connectivity index (χ3v) is 3.12. The zero-order valence-corrected chi connectivity index (χ0v) is 11.8. The van der Waals surface area contributed by atoms with Gasteiger partial charge in [-0.25, -0.2) is 4.79 Å². The molecule has 4 nitrogen and oxygen atoms in total. The molecule has 0 aromatic heterocycles. The van der Waals surface area contributed by atoms with Crippen LogP contribution in [0.4, 0.5) is 0 Å². The number of hydrogen-bond donors (Lipinski definition) is 1. The van der Waals surface area contributed by atoms with E-state index in [1.54, 1.807) is 6.07 Å². The molecule has 0 amide bonds. The van der Waals surface area contributed by atoms with Crippen LogP contribution in [0.5, 0.6) is 5.75 Å². The minimum Gasteiger partial charge on any atom is -0.492 e. The minimum absolute atomic E-state index is 0.174. The lowest BCUT2D eigenvalue weighted by Gasteiger charge is -2.16. The first-order valence-electron chi connectivity index (χ1n) is 5.42. The first-order chi connectivity index (χ1) is 8.35. The van der Waals surface area contributed by atoms with E-state index in [0.717, 1.165) is 0 Å². The van der Waals surface area contributed by atoms with Gasteiger partial charge in [0, 0.05) is 0 Å². The van der Waals surface area contributed by atoms with Crippen molar-refractivity contribution in [3.8, 4) is 11.8 Å². The summed E-state index contributed by atoms with van der Waals surface area (Å²) in [5.74, 6) is -0.520. The van der Waals surface area contributed by atoms with Crippen LogP contribution < -0.4 is 4.74 Å². The van der Waals surface area contributed by atoms with Crippen LogP contribution in [0.25, 0.3) is 0 Å². The Hall–Kier alpha value is -1.54. The molecule has 5 heteroatoms. The first-order valence-corrected chi connectivity index (χ1v) is 6.22. The first kappa shape index (κ1) is 14.5. The van der Waals surface area contributed by atoms with Gasteiger partial charge < -0.3 is 9.84 Å². The van der Waals surface area contributed by atoms with Crippen LogP contribution in [0, 0.1) is 16.7 Å². The van der Waals surface area contributed by atoms with Gasteiger partial charge >= 0.3 is 5.97 Å². The van der Waals surface area contributed by atoms with E-state index in [9.17, 15) is 4.79 Å². The van der Waals surface area contributed by atoms with Gasteiger partial charge in [0.15, 0.2) is 0 Å². The van der Waals surface area contributed by atoms with Crippen LogP contribution in [0.3, 0.4) is 0 Å². The number of carbonyl (C=O) groups is 1. The maximum absolute atomic E-state index is 10.8. The van der Waals surface area contributed by atoms with Crippen molar-refractivity contribution in [2.75, 3.05) is 6.61 Å². The molecule has 96 valence electrons. The summed E-state index contributed by atoms with van der Waals surface area (Å²) in [5.41, 5.74) is -0.274. The van der Waals surface area contributed by atoms with E-state index in [4.69, 9.17) is 15.1 Å². The largest absolute Gasteiger partial charge is 0.492 e. The number of carboxylic acid groups (broad SMARTS) is 1. The molecule has 1 rings (SSSR count). The van der Waals surface area contributed by atoms with E-state index < -0.39 is 11.4 Å². The molecule has 1 N–H and O–H groups in total. The van der Waals surface area contributed by atoms with E-state index in [1.807, 2.05) is 13.8 Å². The van der Waals surface area contributed by atoms with Gasteiger partial charge in [-0.05, 0) is 54.4 Å². The summed E-state index contributed by atoms with van der Waals surface area (Å²) in [4.78, 5) is 10.8. The third kappa shape index (κ3) is 4.04. The van der Waals surface area contributed by atoms with Crippen LogP contribution >= 0.6 is 15.9 Å².